The van der Waals surface area contributed by atoms with Gasteiger partial charge in [0.25, 0.3) is 0 Å². The van der Waals surface area contributed by atoms with Gasteiger partial charge in [0, 0.05) is 23.5 Å². The molecule has 2 N–H and O–H groups in total. The fraction of sp³-hybridized carbons (Fsp3) is 0. The van der Waals surface area contributed by atoms with Crippen molar-refractivity contribution in [2.24, 2.45) is 0 Å². The van der Waals surface area contributed by atoms with Gasteiger partial charge in [-0.05, 0) is 30.3 Å². The maximum atomic E-state index is 14.1. The molecule has 2 heterocycles. The van der Waals surface area contributed by atoms with Crippen molar-refractivity contribution >= 4 is 5.69 Å². The maximum absolute atomic E-state index is 14.1. The summed E-state index contributed by atoms with van der Waals surface area (Å²) in [5.41, 5.74) is 7.27. The third kappa shape index (κ3) is 2.32. The second-order valence-corrected chi connectivity index (χ2v) is 4.38. The molecular weight excluding hydrogens is 269 g/mol. The van der Waals surface area contributed by atoms with Crippen molar-refractivity contribution in [1.29, 1.82) is 5.26 Å². The number of pyridine rings is 1. The second-order valence-electron chi connectivity index (χ2n) is 4.38. The van der Waals surface area contributed by atoms with Gasteiger partial charge < -0.3 is 5.73 Å². The highest BCUT2D eigenvalue weighted by molar-refractivity contribution is 5.64. The normalized spacial score (nSPS) is 10.3. The number of nitriles is 1. The number of aromatic nitrogens is 3. The molecule has 0 aliphatic carbocycles. The van der Waals surface area contributed by atoms with Crippen LogP contribution in [0.4, 0.5) is 10.1 Å². The largest absolute Gasteiger partial charge is 0.399 e. The van der Waals surface area contributed by atoms with Crippen LogP contribution in [0, 0.1) is 17.1 Å². The van der Waals surface area contributed by atoms with Crippen LogP contribution in [-0.2, 0) is 0 Å². The van der Waals surface area contributed by atoms with Crippen LogP contribution in [-0.4, -0.2) is 14.8 Å². The maximum Gasteiger partial charge on any atom is 0.155 e. The summed E-state index contributed by atoms with van der Waals surface area (Å²) in [7, 11) is 0. The van der Waals surface area contributed by atoms with Crippen LogP contribution < -0.4 is 5.73 Å². The number of halogens is 1. The third-order valence-corrected chi connectivity index (χ3v) is 3.00. The molecule has 21 heavy (non-hydrogen) atoms. The summed E-state index contributed by atoms with van der Waals surface area (Å²) in [6, 6.07) is 11.4. The molecule has 0 saturated heterocycles. The first-order valence-electron chi connectivity index (χ1n) is 6.15. The lowest BCUT2D eigenvalue weighted by atomic mass is 10.1. The van der Waals surface area contributed by atoms with Gasteiger partial charge in [0.1, 0.15) is 5.82 Å². The van der Waals surface area contributed by atoms with Crippen LogP contribution >= 0.6 is 0 Å². The lowest BCUT2D eigenvalue weighted by Gasteiger charge is -2.08. The molecule has 0 saturated carbocycles. The van der Waals surface area contributed by atoms with Crippen LogP contribution in [0.1, 0.15) is 5.56 Å². The van der Waals surface area contributed by atoms with Gasteiger partial charge in [0.2, 0.25) is 0 Å². The molecule has 0 amide bonds. The molecule has 0 unspecified atom stereocenters. The first-order chi connectivity index (χ1) is 10.2. The minimum atomic E-state index is -0.437. The molecular formula is C15H10FN5. The molecule has 102 valence electrons. The monoisotopic (exact) mass is 279 g/mol. The van der Waals surface area contributed by atoms with E-state index in [0.29, 0.717) is 28.3 Å². The van der Waals surface area contributed by atoms with Crippen molar-refractivity contribution in [3.05, 3.63) is 60.2 Å². The van der Waals surface area contributed by atoms with Crippen molar-refractivity contribution < 1.29 is 4.39 Å². The first kappa shape index (κ1) is 12.8. The van der Waals surface area contributed by atoms with Gasteiger partial charge in [-0.3, -0.25) is 0 Å². The van der Waals surface area contributed by atoms with Crippen LogP contribution in [0.5, 0.6) is 0 Å². The molecule has 0 aliphatic rings. The molecule has 1 aromatic carbocycles. The second kappa shape index (κ2) is 5.06. The highest BCUT2D eigenvalue weighted by Gasteiger charge is 2.13. The van der Waals surface area contributed by atoms with E-state index in [1.165, 1.54) is 16.9 Å². The number of nitrogens with zero attached hydrogens (tertiary/aromatic N) is 4. The van der Waals surface area contributed by atoms with E-state index >= 15 is 0 Å². The van der Waals surface area contributed by atoms with Crippen LogP contribution in [0.25, 0.3) is 17.1 Å². The Morgan fingerprint density at radius 2 is 2.00 bits per heavy atom. The fourth-order valence-corrected chi connectivity index (χ4v) is 2.03. The number of nitrogen functional groups attached to an aromatic ring is 1. The van der Waals surface area contributed by atoms with Crippen molar-refractivity contribution in [3.8, 4) is 23.1 Å². The minimum absolute atomic E-state index is 0.354. The topological polar surface area (TPSA) is 80.5 Å². The highest BCUT2D eigenvalue weighted by atomic mass is 19.1. The number of anilines is 1. The molecule has 2 aromatic heterocycles. The Bertz CT molecular complexity index is 847. The number of rotatable bonds is 2. The summed E-state index contributed by atoms with van der Waals surface area (Å²) < 4.78 is 15.5. The van der Waals surface area contributed by atoms with Crippen LogP contribution in [0.15, 0.2) is 48.8 Å². The Morgan fingerprint density at radius 3 is 2.76 bits per heavy atom. The zero-order valence-electron chi connectivity index (χ0n) is 10.9. The molecule has 0 fully saturated rings. The summed E-state index contributed by atoms with van der Waals surface area (Å²) in [6.45, 7) is 0. The van der Waals surface area contributed by atoms with Crippen LogP contribution in [0.2, 0.25) is 0 Å². The molecule has 0 spiro atoms. The molecule has 0 radical (unpaired) electrons. The predicted molar refractivity (Wildman–Crippen MR) is 75.9 cm³/mol. The van der Waals surface area contributed by atoms with E-state index in [2.05, 4.69) is 10.1 Å². The Hall–Kier alpha value is -3.20. The van der Waals surface area contributed by atoms with E-state index in [1.54, 1.807) is 36.5 Å². The predicted octanol–water partition coefficient (Wildman–Crippen LogP) is 2.53. The quantitative estimate of drug-likeness (QED) is 0.731. The molecule has 0 aliphatic heterocycles. The zero-order valence-corrected chi connectivity index (χ0v) is 10.9. The van der Waals surface area contributed by atoms with Crippen LogP contribution in [0.3, 0.4) is 0 Å². The van der Waals surface area contributed by atoms with Gasteiger partial charge in [0.15, 0.2) is 5.82 Å². The van der Waals surface area contributed by atoms with E-state index in [0.717, 1.165) is 0 Å². The number of hydrogen-bond donors (Lipinski definition) is 1. The molecule has 0 atom stereocenters. The molecule has 3 aromatic rings. The van der Waals surface area contributed by atoms with E-state index in [9.17, 15) is 4.39 Å². The summed E-state index contributed by atoms with van der Waals surface area (Å²) in [4.78, 5) is 4.17. The Labute approximate surface area is 120 Å². The summed E-state index contributed by atoms with van der Waals surface area (Å²) in [6.07, 6.45) is 3.06. The number of benzene rings is 1. The highest BCUT2D eigenvalue weighted by Crippen LogP contribution is 2.26. The summed E-state index contributed by atoms with van der Waals surface area (Å²) in [5.74, 6) is 0.0125. The minimum Gasteiger partial charge on any atom is -0.399 e. The van der Waals surface area contributed by atoms with Crippen molar-refractivity contribution in [1.82, 2.24) is 14.8 Å². The number of nitrogens with two attached hydrogens (primary N) is 1. The average molecular weight is 279 g/mol. The SMILES string of the molecule is N#Cc1ccnc(-n2nccc2-c2ccc(N)cc2F)c1. The summed E-state index contributed by atoms with van der Waals surface area (Å²) in [5, 5.41) is 13.1. The Morgan fingerprint density at radius 1 is 1.14 bits per heavy atom. The van der Waals surface area contributed by atoms with Gasteiger partial charge in [-0.1, -0.05) is 0 Å². The van der Waals surface area contributed by atoms with Gasteiger partial charge in [0.05, 0.1) is 23.5 Å². The smallest absolute Gasteiger partial charge is 0.155 e. The number of hydrogen-bond acceptors (Lipinski definition) is 4. The van der Waals surface area contributed by atoms with Crippen molar-refractivity contribution in [2.75, 3.05) is 5.73 Å². The molecule has 6 heteroatoms. The summed E-state index contributed by atoms with van der Waals surface area (Å²) >= 11 is 0. The van der Waals surface area contributed by atoms with Gasteiger partial charge in [-0.2, -0.15) is 10.4 Å². The van der Waals surface area contributed by atoms with Crippen molar-refractivity contribution in [2.45, 2.75) is 0 Å². The van der Waals surface area contributed by atoms with E-state index < -0.39 is 5.82 Å². The van der Waals surface area contributed by atoms with Gasteiger partial charge >= 0.3 is 0 Å². The standard InChI is InChI=1S/C15H10FN5/c16-13-8-11(18)1-2-12(13)14-4-6-20-21(14)15-7-10(9-17)3-5-19-15/h1-8H,18H2. The van der Waals surface area contributed by atoms with Gasteiger partial charge in [-0.15, -0.1) is 0 Å². The van der Waals surface area contributed by atoms with E-state index in [1.807, 2.05) is 6.07 Å². The fourth-order valence-electron chi connectivity index (χ4n) is 2.03. The third-order valence-electron chi connectivity index (χ3n) is 3.00. The Balaban J connectivity index is 2.15. The molecule has 3 rings (SSSR count). The van der Waals surface area contributed by atoms with E-state index in [4.69, 9.17) is 11.0 Å². The lowest BCUT2D eigenvalue weighted by molar-refractivity contribution is 0.630. The Kier molecular flexibility index (Phi) is 3.09. The van der Waals surface area contributed by atoms with E-state index in [-0.39, 0.29) is 0 Å². The lowest BCUT2D eigenvalue weighted by Crippen LogP contribution is -2.03. The first-order valence-corrected chi connectivity index (χ1v) is 6.15. The molecule has 5 nitrogen and oxygen atoms in total. The van der Waals surface area contributed by atoms with Crippen molar-refractivity contribution in [3.63, 3.8) is 0 Å². The molecule has 0 bridgehead atoms. The average Bonchev–Trinajstić information content (AvgIpc) is 2.96. The zero-order chi connectivity index (χ0) is 14.8. The van der Waals surface area contributed by atoms with Gasteiger partial charge in [-0.25, -0.2) is 14.1 Å².